The van der Waals surface area contributed by atoms with Gasteiger partial charge in [-0.1, -0.05) is 71.6 Å². The monoisotopic (exact) mass is 214 g/mol. The second kappa shape index (κ2) is 12.0. The van der Waals surface area contributed by atoms with Crippen molar-refractivity contribution in [1.29, 1.82) is 0 Å². The van der Waals surface area contributed by atoms with Crippen molar-refractivity contribution in [3.8, 4) is 0 Å². The molecule has 0 aromatic heterocycles. The third-order valence-corrected chi connectivity index (χ3v) is 3.03. The van der Waals surface area contributed by atoms with Crippen molar-refractivity contribution in [2.75, 3.05) is 0 Å². The SMILES string of the molecule is CCCCCCCCC[C@@H](O)CCCC. The van der Waals surface area contributed by atoms with Crippen LogP contribution in [0.5, 0.6) is 0 Å². The van der Waals surface area contributed by atoms with E-state index in [0.29, 0.717) is 0 Å². The quantitative estimate of drug-likeness (QED) is 0.495. The summed E-state index contributed by atoms with van der Waals surface area (Å²) in [4.78, 5) is 0. The Morgan fingerprint density at radius 1 is 0.667 bits per heavy atom. The molecule has 0 aromatic carbocycles. The molecule has 0 unspecified atom stereocenters. The Kier molecular flexibility index (Phi) is 12.0. The van der Waals surface area contributed by atoms with E-state index in [0.717, 1.165) is 12.8 Å². The van der Waals surface area contributed by atoms with Gasteiger partial charge in [0, 0.05) is 0 Å². The maximum absolute atomic E-state index is 9.62. The summed E-state index contributed by atoms with van der Waals surface area (Å²) in [6.45, 7) is 4.44. The number of hydrogen-bond donors (Lipinski definition) is 1. The van der Waals surface area contributed by atoms with E-state index in [1.807, 2.05) is 0 Å². The molecule has 0 rings (SSSR count). The Hall–Kier alpha value is -0.0400. The molecule has 0 aliphatic heterocycles. The molecule has 1 N–H and O–H groups in total. The Bertz CT molecular complexity index is 112. The molecule has 0 radical (unpaired) electrons. The minimum absolute atomic E-state index is 0.0272. The minimum Gasteiger partial charge on any atom is -0.393 e. The molecule has 92 valence electrons. The highest BCUT2D eigenvalue weighted by molar-refractivity contribution is 4.56. The first-order valence-corrected chi connectivity index (χ1v) is 6.99. The molecular formula is C14H30O. The summed E-state index contributed by atoms with van der Waals surface area (Å²) in [7, 11) is 0. The van der Waals surface area contributed by atoms with E-state index in [4.69, 9.17) is 0 Å². The van der Waals surface area contributed by atoms with E-state index < -0.39 is 0 Å². The molecule has 15 heavy (non-hydrogen) atoms. The fourth-order valence-corrected chi connectivity index (χ4v) is 1.92. The summed E-state index contributed by atoms with van der Waals surface area (Å²) in [5.74, 6) is 0. The maximum atomic E-state index is 9.62. The van der Waals surface area contributed by atoms with Gasteiger partial charge in [-0.25, -0.2) is 0 Å². The van der Waals surface area contributed by atoms with Crippen molar-refractivity contribution >= 4 is 0 Å². The van der Waals surface area contributed by atoms with Crippen molar-refractivity contribution in [2.45, 2.75) is 90.6 Å². The number of unbranched alkanes of at least 4 members (excludes halogenated alkanes) is 7. The van der Waals surface area contributed by atoms with Gasteiger partial charge in [0.15, 0.2) is 0 Å². The van der Waals surface area contributed by atoms with E-state index in [9.17, 15) is 5.11 Å². The molecule has 0 fully saturated rings. The van der Waals surface area contributed by atoms with Crippen LogP contribution in [-0.2, 0) is 0 Å². The lowest BCUT2D eigenvalue weighted by Gasteiger charge is -2.09. The predicted octanol–water partition coefficient (Wildman–Crippen LogP) is 4.68. The standard InChI is InChI=1S/C14H30O/c1-3-5-7-8-9-10-11-13-14(15)12-6-4-2/h14-15H,3-13H2,1-2H3/t14-/m0/s1. The molecule has 1 heteroatoms. The molecule has 0 spiro atoms. The number of hydrogen-bond acceptors (Lipinski definition) is 1. The first kappa shape index (κ1) is 15.0. The van der Waals surface area contributed by atoms with Gasteiger partial charge in [0.1, 0.15) is 0 Å². The second-order valence-electron chi connectivity index (χ2n) is 4.71. The van der Waals surface area contributed by atoms with Crippen molar-refractivity contribution in [3.63, 3.8) is 0 Å². The van der Waals surface area contributed by atoms with Crippen LogP contribution in [0.2, 0.25) is 0 Å². The fraction of sp³-hybridized carbons (Fsp3) is 1.00. The largest absolute Gasteiger partial charge is 0.393 e. The Balaban J connectivity index is 3.02. The molecule has 0 heterocycles. The average molecular weight is 214 g/mol. The summed E-state index contributed by atoms with van der Waals surface area (Å²) >= 11 is 0. The van der Waals surface area contributed by atoms with Crippen LogP contribution in [0.25, 0.3) is 0 Å². The molecule has 0 saturated carbocycles. The molecule has 0 amide bonds. The zero-order valence-electron chi connectivity index (χ0n) is 10.8. The zero-order chi connectivity index (χ0) is 11.4. The molecule has 1 atom stereocenters. The number of rotatable bonds is 11. The lowest BCUT2D eigenvalue weighted by atomic mass is 10.0. The third kappa shape index (κ3) is 11.9. The lowest BCUT2D eigenvalue weighted by molar-refractivity contribution is 0.148. The Morgan fingerprint density at radius 3 is 1.73 bits per heavy atom. The maximum Gasteiger partial charge on any atom is 0.0540 e. The minimum atomic E-state index is -0.0272. The van der Waals surface area contributed by atoms with Gasteiger partial charge in [-0.05, 0) is 12.8 Å². The summed E-state index contributed by atoms with van der Waals surface area (Å²) in [5, 5.41) is 9.62. The van der Waals surface area contributed by atoms with E-state index >= 15 is 0 Å². The van der Waals surface area contributed by atoms with E-state index in [1.54, 1.807) is 0 Å². The van der Waals surface area contributed by atoms with Crippen LogP contribution < -0.4 is 0 Å². The summed E-state index contributed by atoms with van der Waals surface area (Å²) in [5.41, 5.74) is 0. The number of aliphatic hydroxyl groups is 1. The van der Waals surface area contributed by atoms with Gasteiger partial charge in [0.25, 0.3) is 0 Å². The first-order valence-electron chi connectivity index (χ1n) is 6.99. The average Bonchev–Trinajstić information content (AvgIpc) is 2.25. The van der Waals surface area contributed by atoms with E-state index in [-0.39, 0.29) is 6.10 Å². The van der Waals surface area contributed by atoms with Crippen LogP contribution in [0.3, 0.4) is 0 Å². The molecule has 0 aliphatic carbocycles. The smallest absolute Gasteiger partial charge is 0.0540 e. The highest BCUT2D eigenvalue weighted by atomic mass is 16.3. The van der Waals surface area contributed by atoms with Crippen LogP contribution in [-0.4, -0.2) is 11.2 Å². The molecular weight excluding hydrogens is 184 g/mol. The topological polar surface area (TPSA) is 20.2 Å². The molecule has 0 aromatic rings. The summed E-state index contributed by atoms with van der Waals surface area (Å²) in [6, 6.07) is 0. The van der Waals surface area contributed by atoms with Gasteiger partial charge in [0.2, 0.25) is 0 Å². The van der Waals surface area contributed by atoms with Crippen LogP contribution >= 0.6 is 0 Å². The first-order chi connectivity index (χ1) is 7.31. The van der Waals surface area contributed by atoms with Crippen LogP contribution in [0, 0.1) is 0 Å². The van der Waals surface area contributed by atoms with Crippen molar-refractivity contribution in [1.82, 2.24) is 0 Å². The summed E-state index contributed by atoms with van der Waals surface area (Å²) in [6.07, 6.45) is 13.8. The van der Waals surface area contributed by atoms with Gasteiger partial charge in [-0.3, -0.25) is 0 Å². The van der Waals surface area contributed by atoms with Gasteiger partial charge >= 0.3 is 0 Å². The van der Waals surface area contributed by atoms with Gasteiger partial charge < -0.3 is 5.11 Å². The Labute approximate surface area is 96.3 Å². The number of aliphatic hydroxyl groups excluding tert-OH is 1. The highest BCUT2D eigenvalue weighted by Crippen LogP contribution is 2.12. The predicted molar refractivity (Wildman–Crippen MR) is 68.1 cm³/mol. The lowest BCUT2D eigenvalue weighted by Crippen LogP contribution is -2.05. The van der Waals surface area contributed by atoms with E-state index in [1.165, 1.54) is 57.8 Å². The van der Waals surface area contributed by atoms with Crippen molar-refractivity contribution in [2.24, 2.45) is 0 Å². The normalized spacial score (nSPS) is 13.0. The van der Waals surface area contributed by atoms with E-state index in [2.05, 4.69) is 13.8 Å². The fourth-order valence-electron chi connectivity index (χ4n) is 1.92. The highest BCUT2D eigenvalue weighted by Gasteiger charge is 2.02. The molecule has 0 saturated heterocycles. The molecule has 1 nitrogen and oxygen atoms in total. The third-order valence-electron chi connectivity index (χ3n) is 3.03. The van der Waals surface area contributed by atoms with Gasteiger partial charge in [-0.2, -0.15) is 0 Å². The zero-order valence-corrected chi connectivity index (χ0v) is 10.8. The molecule has 0 bridgehead atoms. The van der Waals surface area contributed by atoms with Crippen LogP contribution in [0.1, 0.15) is 84.5 Å². The van der Waals surface area contributed by atoms with Crippen LogP contribution in [0.15, 0.2) is 0 Å². The van der Waals surface area contributed by atoms with Crippen LogP contribution in [0.4, 0.5) is 0 Å². The van der Waals surface area contributed by atoms with Crippen molar-refractivity contribution in [3.05, 3.63) is 0 Å². The van der Waals surface area contributed by atoms with Crippen molar-refractivity contribution < 1.29 is 5.11 Å². The van der Waals surface area contributed by atoms with Gasteiger partial charge in [0.05, 0.1) is 6.10 Å². The second-order valence-corrected chi connectivity index (χ2v) is 4.71. The summed E-state index contributed by atoms with van der Waals surface area (Å²) < 4.78 is 0. The molecule has 0 aliphatic rings. The Morgan fingerprint density at radius 2 is 1.13 bits per heavy atom. The van der Waals surface area contributed by atoms with Gasteiger partial charge in [-0.15, -0.1) is 0 Å².